The van der Waals surface area contributed by atoms with Crippen molar-refractivity contribution in [2.24, 2.45) is 0 Å². The van der Waals surface area contributed by atoms with Gasteiger partial charge in [-0.2, -0.15) is 0 Å². The molecule has 0 saturated heterocycles. The van der Waals surface area contributed by atoms with Gasteiger partial charge in [0.05, 0.1) is 23.0 Å². The van der Waals surface area contributed by atoms with Crippen LogP contribution in [0.2, 0.25) is 0 Å². The summed E-state index contributed by atoms with van der Waals surface area (Å²) in [5.74, 6) is 1.07. The second-order valence-electron chi connectivity index (χ2n) is 6.77. The van der Waals surface area contributed by atoms with E-state index in [-0.39, 0.29) is 23.5 Å². The number of halogens is 1. The maximum Gasteiger partial charge on any atom is 0.269 e. The number of hydrogen-bond acceptors (Lipinski definition) is 6. The molecule has 0 amide bonds. The largest absolute Gasteiger partial charge is 0.496 e. The van der Waals surface area contributed by atoms with E-state index in [4.69, 9.17) is 9.15 Å². The molecule has 0 bridgehead atoms. The molecule has 8 heteroatoms. The molecule has 0 radical (unpaired) electrons. The van der Waals surface area contributed by atoms with Crippen molar-refractivity contribution in [3.8, 4) is 17.1 Å². The van der Waals surface area contributed by atoms with Gasteiger partial charge in [0.2, 0.25) is 0 Å². The van der Waals surface area contributed by atoms with Crippen LogP contribution in [0.3, 0.4) is 0 Å². The molecule has 0 aliphatic heterocycles. The van der Waals surface area contributed by atoms with Crippen LogP contribution < -0.4 is 10.2 Å². The molecular formula is C22H25ClN2O5. The first-order valence-electron chi connectivity index (χ1n) is 9.51. The third kappa shape index (κ3) is 4.32. The van der Waals surface area contributed by atoms with E-state index < -0.39 is 4.92 Å². The van der Waals surface area contributed by atoms with Gasteiger partial charge in [0.1, 0.15) is 17.1 Å². The number of ether oxygens (including phenoxy) is 1. The Hall–Kier alpha value is -2.90. The summed E-state index contributed by atoms with van der Waals surface area (Å²) >= 11 is 0. The number of nitro groups is 1. The van der Waals surface area contributed by atoms with Gasteiger partial charge in [0.25, 0.3) is 5.69 Å². The summed E-state index contributed by atoms with van der Waals surface area (Å²) in [4.78, 5) is 25.7. The van der Waals surface area contributed by atoms with Crippen molar-refractivity contribution in [1.29, 1.82) is 0 Å². The summed E-state index contributed by atoms with van der Waals surface area (Å²) in [5.41, 5.74) is 2.24. The lowest BCUT2D eigenvalue weighted by molar-refractivity contribution is -0.384. The molecule has 3 rings (SSSR count). The van der Waals surface area contributed by atoms with E-state index in [2.05, 4.69) is 18.7 Å². The van der Waals surface area contributed by atoms with Gasteiger partial charge in [-0.25, -0.2) is 0 Å². The Balaban J connectivity index is 0.00000320. The molecule has 30 heavy (non-hydrogen) atoms. The summed E-state index contributed by atoms with van der Waals surface area (Å²) in [6, 6.07) is 9.52. The minimum atomic E-state index is -0.458. The number of non-ortho nitro benzene ring substituents is 1. The van der Waals surface area contributed by atoms with E-state index in [0.29, 0.717) is 40.2 Å². The molecule has 7 nitrogen and oxygen atoms in total. The molecule has 0 saturated carbocycles. The lowest BCUT2D eigenvalue weighted by Gasteiger charge is -2.21. The van der Waals surface area contributed by atoms with Gasteiger partial charge >= 0.3 is 0 Å². The molecule has 0 atom stereocenters. The Kier molecular flexibility index (Phi) is 7.59. The van der Waals surface area contributed by atoms with Crippen LogP contribution in [-0.2, 0) is 6.54 Å². The molecular weight excluding hydrogens is 408 g/mol. The normalized spacial score (nSPS) is 10.8. The fourth-order valence-electron chi connectivity index (χ4n) is 3.41. The fraction of sp³-hybridized carbons (Fsp3) is 0.318. The van der Waals surface area contributed by atoms with Crippen LogP contribution in [0.25, 0.3) is 22.3 Å². The zero-order valence-electron chi connectivity index (χ0n) is 17.4. The molecule has 0 fully saturated rings. The standard InChI is InChI=1S/C22H24N2O5.ClH/c1-5-23(6-2)13-18-19(28-4)12-11-17-20(25)14(3)21(29-22(17)18)15-7-9-16(10-8-15)24(26)27;/h7-12H,5-6,13H2,1-4H3;1H. The highest BCUT2D eigenvalue weighted by Gasteiger charge is 2.19. The van der Waals surface area contributed by atoms with Gasteiger partial charge < -0.3 is 9.15 Å². The smallest absolute Gasteiger partial charge is 0.269 e. The SMILES string of the molecule is CCN(CC)Cc1c(OC)ccc2c(=O)c(C)c(-c3ccc([N+](=O)[O-])cc3)oc12.Cl. The van der Waals surface area contributed by atoms with Gasteiger partial charge in [-0.3, -0.25) is 19.8 Å². The molecule has 2 aromatic carbocycles. The van der Waals surface area contributed by atoms with E-state index >= 15 is 0 Å². The van der Waals surface area contributed by atoms with Crippen molar-refractivity contribution in [3.05, 3.63) is 67.9 Å². The second kappa shape index (κ2) is 9.73. The number of rotatable bonds is 7. The molecule has 0 N–H and O–H groups in total. The van der Waals surface area contributed by atoms with Crippen molar-refractivity contribution < 1.29 is 14.1 Å². The van der Waals surface area contributed by atoms with Crippen LogP contribution in [0.4, 0.5) is 5.69 Å². The molecule has 0 spiro atoms. The van der Waals surface area contributed by atoms with Crippen molar-refractivity contribution >= 4 is 29.1 Å². The molecule has 3 aromatic rings. The highest BCUT2D eigenvalue weighted by molar-refractivity contribution is 5.85. The predicted molar refractivity (Wildman–Crippen MR) is 120 cm³/mol. The van der Waals surface area contributed by atoms with Crippen LogP contribution >= 0.6 is 12.4 Å². The summed E-state index contributed by atoms with van der Waals surface area (Å²) in [6.45, 7) is 8.13. The molecule has 0 aliphatic rings. The fourth-order valence-corrected chi connectivity index (χ4v) is 3.41. The number of nitrogens with zero attached hydrogens (tertiary/aromatic N) is 2. The summed E-state index contributed by atoms with van der Waals surface area (Å²) < 4.78 is 11.8. The first-order chi connectivity index (χ1) is 13.9. The highest BCUT2D eigenvalue weighted by Crippen LogP contribution is 2.33. The number of benzene rings is 2. The van der Waals surface area contributed by atoms with E-state index in [0.717, 1.165) is 18.7 Å². The van der Waals surface area contributed by atoms with Crippen molar-refractivity contribution in [2.75, 3.05) is 20.2 Å². The minimum Gasteiger partial charge on any atom is -0.496 e. The van der Waals surface area contributed by atoms with Crippen LogP contribution in [0, 0.1) is 17.0 Å². The molecule has 0 unspecified atom stereocenters. The van der Waals surface area contributed by atoms with Gasteiger partial charge in [-0.05, 0) is 44.3 Å². The van der Waals surface area contributed by atoms with Crippen molar-refractivity contribution in [3.63, 3.8) is 0 Å². The Morgan fingerprint density at radius 1 is 1.10 bits per heavy atom. The van der Waals surface area contributed by atoms with Crippen LogP contribution in [0.5, 0.6) is 5.75 Å². The van der Waals surface area contributed by atoms with E-state index in [1.54, 1.807) is 38.3 Å². The zero-order chi connectivity index (χ0) is 21.1. The van der Waals surface area contributed by atoms with Crippen molar-refractivity contribution in [1.82, 2.24) is 4.90 Å². The average molecular weight is 433 g/mol. The Morgan fingerprint density at radius 2 is 1.73 bits per heavy atom. The second-order valence-corrected chi connectivity index (χ2v) is 6.77. The molecule has 1 aromatic heterocycles. The first kappa shape index (κ1) is 23.4. The maximum absolute atomic E-state index is 13.1. The number of nitro benzene ring substituents is 1. The van der Waals surface area contributed by atoms with Gasteiger partial charge in [0, 0.05) is 29.8 Å². The Bertz CT molecular complexity index is 1110. The summed E-state index contributed by atoms with van der Waals surface area (Å²) in [5, 5.41) is 11.4. The highest BCUT2D eigenvalue weighted by atomic mass is 35.5. The van der Waals surface area contributed by atoms with Gasteiger partial charge in [-0.1, -0.05) is 13.8 Å². The van der Waals surface area contributed by atoms with E-state index in [1.165, 1.54) is 12.1 Å². The summed E-state index contributed by atoms with van der Waals surface area (Å²) in [7, 11) is 1.59. The Labute approximate surface area is 180 Å². The summed E-state index contributed by atoms with van der Waals surface area (Å²) in [6.07, 6.45) is 0. The maximum atomic E-state index is 13.1. The monoisotopic (exact) mass is 432 g/mol. The van der Waals surface area contributed by atoms with Crippen molar-refractivity contribution in [2.45, 2.75) is 27.3 Å². The van der Waals surface area contributed by atoms with E-state index in [9.17, 15) is 14.9 Å². The van der Waals surface area contributed by atoms with Crippen LogP contribution in [0.15, 0.2) is 45.6 Å². The third-order valence-corrected chi connectivity index (χ3v) is 5.18. The Morgan fingerprint density at radius 3 is 2.27 bits per heavy atom. The quantitative estimate of drug-likeness (QED) is 0.388. The van der Waals surface area contributed by atoms with Gasteiger partial charge in [0.15, 0.2) is 5.43 Å². The number of fused-ring (bicyclic) bond motifs is 1. The lowest BCUT2D eigenvalue weighted by atomic mass is 10.0. The topological polar surface area (TPSA) is 85.8 Å². The molecule has 1 heterocycles. The van der Waals surface area contributed by atoms with Gasteiger partial charge in [-0.15, -0.1) is 12.4 Å². The number of hydrogen-bond donors (Lipinski definition) is 0. The average Bonchev–Trinajstić information content (AvgIpc) is 2.74. The molecule has 160 valence electrons. The zero-order valence-corrected chi connectivity index (χ0v) is 18.2. The predicted octanol–water partition coefficient (Wildman–Crippen LogP) is 4.95. The van der Waals surface area contributed by atoms with Crippen LogP contribution in [-0.4, -0.2) is 30.0 Å². The minimum absolute atomic E-state index is 0. The van der Waals surface area contributed by atoms with E-state index in [1.807, 2.05) is 0 Å². The molecule has 0 aliphatic carbocycles. The first-order valence-corrected chi connectivity index (χ1v) is 9.51. The lowest BCUT2D eigenvalue weighted by Crippen LogP contribution is -2.23. The number of methoxy groups -OCH3 is 1. The third-order valence-electron chi connectivity index (χ3n) is 5.18. The van der Waals surface area contributed by atoms with Crippen LogP contribution in [0.1, 0.15) is 25.0 Å².